The van der Waals surface area contributed by atoms with Gasteiger partial charge < -0.3 is 10.1 Å². The van der Waals surface area contributed by atoms with Crippen LogP contribution < -0.4 is 10.1 Å². The van der Waals surface area contributed by atoms with Crippen LogP contribution in [0.2, 0.25) is 0 Å². The summed E-state index contributed by atoms with van der Waals surface area (Å²) in [5.74, 6) is 0.701. The number of nitrogens with one attached hydrogen (secondary N) is 1. The lowest BCUT2D eigenvalue weighted by Crippen LogP contribution is -2.09. The van der Waals surface area contributed by atoms with E-state index in [1.807, 2.05) is 37.3 Å². The molecule has 2 aromatic rings. The Morgan fingerprint density at radius 2 is 1.95 bits per heavy atom. The molecule has 0 heterocycles. The fourth-order valence-corrected chi connectivity index (χ4v) is 2.19. The number of para-hydroxylation sites is 1. The quantitative estimate of drug-likeness (QED) is 0.852. The number of halogens is 1. The predicted molar refractivity (Wildman–Crippen MR) is 80.8 cm³/mol. The van der Waals surface area contributed by atoms with Gasteiger partial charge in [-0.05, 0) is 50.6 Å². The highest BCUT2D eigenvalue weighted by Crippen LogP contribution is 2.28. The number of benzene rings is 2. The molecule has 0 aromatic heterocycles. The fourth-order valence-electron chi connectivity index (χ4n) is 2.19. The van der Waals surface area contributed by atoms with Crippen LogP contribution in [-0.2, 0) is 0 Å². The van der Waals surface area contributed by atoms with Crippen LogP contribution in [0.3, 0.4) is 0 Å². The van der Waals surface area contributed by atoms with Gasteiger partial charge in [-0.25, -0.2) is 4.39 Å². The van der Waals surface area contributed by atoms with Crippen LogP contribution in [0.15, 0.2) is 42.5 Å². The molecular formula is C17H20FNO. The molecular weight excluding hydrogens is 253 g/mol. The minimum atomic E-state index is -0.182. The molecule has 0 aliphatic heterocycles. The predicted octanol–water partition coefficient (Wildman–Crippen LogP) is 4.71. The van der Waals surface area contributed by atoms with Gasteiger partial charge in [0.15, 0.2) is 0 Å². The molecule has 0 aliphatic rings. The highest BCUT2D eigenvalue weighted by molar-refractivity contribution is 5.49. The maximum Gasteiger partial charge on any atom is 0.126 e. The molecule has 0 spiro atoms. The summed E-state index contributed by atoms with van der Waals surface area (Å²) >= 11 is 0. The van der Waals surface area contributed by atoms with Gasteiger partial charge in [-0.15, -0.1) is 0 Å². The molecule has 2 aromatic carbocycles. The smallest absolute Gasteiger partial charge is 0.126 e. The average Bonchev–Trinajstić information content (AvgIpc) is 2.44. The summed E-state index contributed by atoms with van der Waals surface area (Å²) < 4.78 is 18.9. The molecule has 1 atom stereocenters. The molecule has 0 fully saturated rings. The zero-order valence-corrected chi connectivity index (χ0v) is 12.1. The van der Waals surface area contributed by atoms with Crippen molar-refractivity contribution < 1.29 is 9.13 Å². The molecule has 106 valence electrons. The summed E-state index contributed by atoms with van der Waals surface area (Å²) in [6.45, 7) is 6.44. The van der Waals surface area contributed by atoms with Crippen molar-refractivity contribution in [3.63, 3.8) is 0 Å². The summed E-state index contributed by atoms with van der Waals surface area (Å²) in [5, 5.41) is 3.38. The second-order valence-electron chi connectivity index (χ2n) is 4.80. The third-order valence-electron chi connectivity index (χ3n) is 3.23. The van der Waals surface area contributed by atoms with Crippen molar-refractivity contribution in [2.45, 2.75) is 26.8 Å². The van der Waals surface area contributed by atoms with Gasteiger partial charge in [-0.3, -0.25) is 0 Å². The van der Waals surface area contributed by atoms with E-state index >= 15 is 0 Å². The fraction of sp³-hybridized carbons (Fsp3) is 0.294. The summed E-state index contributed by atoms with van der Waals surface area (Å²) in [7, 11) is 0. The standard InChI is InChI=1S/C17H20FNO/c1-4-20-17-8-6-5-7-15(17)13(3)19-14-9-10-16(18)12(2)11-14/h5-11,13,19H,4H2,1-3H3. The zero-order chi connectivity index (χ0) is 14.5. The maximum absolute atomic E-state index is 13.3. The van der Waals surface area contributed by atoms with Crippen molar-refractivity contribution in [3.8, 4) is 5.75 Å². The van der Waals surface area contributed by atoms with Crippen molar-refractivity contribution in [1.29, 1.82) is 0 Å². The Labute approximate surface area is 119 Å². The van der Waals surface area contributed by atoms with E-state index in [0.717, 1.165) is 17.0 Å². The Morgan fingerprint density at radius 3 is 2.65 bits per heavy atom. The van der Waals surface area contributed by atoms with E-state index < -0.39 is 0 Å². The molecule has 2 nitrogen and oxygen atoms in total. The van der Waals surface area contributed by atoms with Gasteiger partial charge >= 0.3 is 0 Å². The van der Waals surface area contributed by atoms with Crippen LogP contribution in [0.1, 0.15) is 31.0 Å². The second-order valence-corrected chi connectivity index (χ2v) is 4.80. The van der Waals surface area contributed by atoms with Gasteiger partial charge in [0.05, 0.1) is 12.6 Å². The lowest BCUT2D eigenvalue weighted by Gasteiger charge is -2.19. The Hall–Kier alpha value is -2.03. The van der Waals surface area contributed by atoms with Crippen molar-refractivity contribution in [3.05, 3.63) is 59.4 Å². The first-order chi connectivity index (χ1) is 9.61. The molecule has 20 heavy (non-hydrogen) atoms. The normalized spacial score (nSPS) is 12.0. The van der Waals surface area contributed by atoms with Gasteiger partial charge in [-0.2, -0.15) is 0 Å². The summed E-state index contributed by atoms with van der Waals surface area (Å²) in [5.41, 5.74) is 2.64. The Morgan fingerprint density at radius 1 is 1.20 bits per heavy atom. The molecule has 0 amide bonds. The molecule has 0 bridgehead atoms. The molecule has 0 aliphatic carbocycles. The first-order valence-corrected chi connectivity index (χ1v) is 6.86. The summed E-state index contributed by atoms with van der Waals surface area (Å²) in [4.78, 5) is 0. The highest BCUT2D eigenvalue weighted by atomic mass is 19.1. The van der Waals surface area contributed by atoms with Gasteiger partial charge in [0.1, 0.15) is 11.6 Å². The average molecular weight is 273 g/mol. The van der Waals surface area contributed by atoms with E-state index in [1.165, 1.54) is 6.07 Å². The summed E-state index contributed by atoms with van der Waals surface area (Å²) in [6.07, 6.45) is 0. The molecule has 1 N–H and O–H groups in total. The number of rotatable bonds is 5. The van der Waals surface area contributed by atoms with Crippen LogP contribution in [0, 0.1) is 12.7 Å². The number of anilines is 1. The van der Waals surface area contributed by atoms with Crippen LogP contribution in [0.25, 0.3) is 0 Å². The van der Waals surface area contributed by atoms with Crippen molar-refractivity contribution in [2.24, 2.45) is 0 Å². The molecule has 1 unspecified atom stereocenters. The number of ether oxygens (including phenoxy) is 1. The van der Waals surface area contributed by atoms with E-state index in [2.05, 4.69) is 12.2 Å². The van der Waals surface area contributed by atoms with Crippen LogP contribution in [0.4, 0.5) is 10.1 Å². The van der Waals surface area contributed by atoms with Crippen molar-refractivity contribution in [2.75, 3.05) is 11.9 Å². The van der Waals surface area contributed by atoms with Gasteiger partial charge in [-0.1, -0.05) is 18.2 Å². The maximum atomic E-state index is 13.3. The first-order valence-electron chi connectivity index (χ1n) is 6.86. The first kappa shape index (κ1) is 14.4. The lowest BCUT2D eigenvalue weighted by molar-refractivity contribution is 0.335. The van der Waals surface area contributed by atoms with E-state index in [-0.39, 0.29) is 11.9 Å². The van der Waals surface area contributed by atoms with Gasteiger partial charge in [0, 0.05) is 11.3 Å². The lowest BCUT2D eigenvalue weighted by atomic mass is 10.1. The third kappa shape index (κ3) is 3.29. The molecule has 3 heteroatoms. The van der Waals surface area contributed by atoms with E-state index in [9.17, 15) is 4.39 Å². The topological polar surface area (TPSA) is 21.3 Å². The zero-order valence-electron chi connectivity index (χ0n) is 12.1. The third-order valence-corrected chi connectivity index (χ3v) is 3.23. The van der Waals surface area contributed by atoms with Gasteiger partial charge in [0.2, 0.25) is 0 Å². The van der Waals surface area contributed by atoms with Crippen LogP contribution >= 0.6 is 0 Å². The van der Waals surface area contributed by atoms with Gasteiger partial charge in [0.25, 0.3) is 0 Å². The van der Waals surface area contributed by atoms with Crippen molar-refractivity contribution >= 4 is 5.69 Å². The SMILES string of the molecule is CCOc1ccccc1C(C)Nc1ccc(F)c(C)c1. The molecule has 2 rings (SSSR count). The van der Waals surface area contributed by atoms with E-state index in [0.29, 0.717) is 12.2 Å². The Bertz CT molecular complexity index is 583. The second kappa shape index (κ2) is 6.42. The van der Waals surface area contributed by atoms with Crippen molar-refractivity contribution in [1.82, 2.24) is 0 Å². The monoisotopic (exact) mass is 273 g/mol. The number of hydrogen-bond acceptors (Lipinski definition) is 2. The van der Waals surface area contributed by atoms with E-state index in [4.69, 9.17) is 4.74 Å². The van der Waals surface area contributed by atoms with Crippen LogP contribution in [0.5, 0.6) is 5.75 Å². The molecule has 0 saturated heterocycles. The molecule has 0 saturated carbocycles. The Kier molecular flexibility index (Phi) is 4.61. The van der Waals surface area contributed by atoms with E-state index in [1.54, 1.807) is 13.0 Å². The minimum Gasteiger partial charge on any atom is -0.494 e. The minimum absolute atomic E-state index is 0.0858. The highest BCUT2D eigenvalue weighted by Gasteiger charge is 2.11. The molecule has 0 radical (unpaired) electrons. The number of aryl methyl sites for hydroxylation is 1. The summed E-state index contributed by atoms with van der Waals surface area (Å²) in [6, 6.07) is 13.1. The van der Waals surface area contributed by atoms with Crippen LogP contribution in [-0.4, -0.2) is 6.61 Å². The Balaban J connectivity index is 2.19. The largest absolute Gasteiger partial charge is 0.494 e. The number of hydrogen-bond donors (Lipinski definition) is 1.